The zero-order valence-electron chi connectivity index (χ0n) is 16.9. The van der Waals surface area contributed by atoms with Crippen molar-refractivity contribution in [3.8, 4) is 0 Å². The Morgan fingerprint density at radius 2 is 1.97 bits per heavy atom. The third-order valence-corrected chi connectivity index (χ3v) is 4.85. The van der Waals surface area contributed by atoms with Gasteiger partial charge >= 0.3 is 6.18 Å². The summed E-state index contributed by atoms with van der Waals surface area (Å²) in [6.45, 7) is 3.25. The molecule has 0 saturated carbocycles. The third-order valence-electron chi connectivity index (χ3n) is 4.55. The van der Waals surface area contributed by atoms with Gasteiger partial charge in [0.1, 0.15) is 11.9 Å². The van der Waals surface area contributed by atoms with Gasteiger partial charge in [-0.3, -0.25) is 9.20 Å². The number of aromatic nitrogens is 2. The Kier molecular flexibility index (Phi) is 6.59. The molecule has 1 atom stereocenters. The van der Waals surface area contributed by atoms with E-state index >= 15 is 0 Å². The van der Waals surface area contributed by atoms with Gasteiger partial charge < -0.3 is 15.8 Å². The molecule has 0 unspecified atom stereocenters. The molecule has 0 aliphatic carbocycles. The smallest absolute Gasteiger partial charge is 0.374 e. The average Bonchev–Trinajstić information content (AvgIpc) is 3.11. The normalized spacial score (nSPS) is 13.4. The summed E-state index contributed by atoms with van der Waals surface area (Å²) in [4.78, 5) is 16.7. The third kappa shape index (κ3) is 5.55. The van der Waals surface area contributed by atoms with Crippen molar-refractivity contribution in [3.05, 3.63) is 70.8 Å². The van der Waals surface area contributed by atoms with Crippen LogP contribution >= 0.6 is 11.6 Å². The molecular weight excluding hydrogens is 433 g/mol. The van der Waals surface area contributed by atoms with Crippen LogP contribution in [0.3, 0.4) is 0 Å². The second-order valence-corrected chi connectivity index (χ2v) is 8.10. The lowest BCUT2D eigenvalue weighted by molar-refractivity contribution is -0.138. The number of rotatable bonds is 7. The predicted molar refractivity (Wildman–Crippen MR) is 110 cm³/mol. The molecule has 2 heterocycles. The highest BCUT2D eigenvalue weighted by molar-refractivity contribution is 6.33. The van der Waals surface area contributed by atoms with Gasteiger partial charge in [-0.25, -0.2) is 4.98 Å². The summed E-state index contributed by atoms with van der Waals surface area (Å²) in [7, 11) is 0. The number of benzene rings is 1. The first-order valence-corrected chi connectivity index (χ1v) is 9.80. The van der Waals surface area contributed by atoms with Crippen molar-refractivity contribution in [3.63, 3.8) is 0 Å². The minimum absolute atomic E-state index is 0.0380. The summed E-state index contributed by atoms with van der Waals surface area (Å²) in [5, 5.41) is 2.61. The van der Waals surface area contributed by atoms with Crippen molar-refractivity contribution in [1.82, 2.24) is 14.7 Å². The lowest BCUT2D eigenvalue weighted by Gasteiger charge is -2.24. The summed E-state index contributed by atoms with van der Waals surface area (Å²) in [5.41, 5.74) is 4.91. The highest BCUT2D eigenvalue weighted by Crippen LogP contribution is 2.33. The highest BCUT2D eigenvalue weighted by Gasteiger charge is 2.33. The Hall–Kier alpha value is -2.62. The molecule has 3 rings (SSSR count). The number of amides is 1. The molecule has 0 fully saturated rings. The minimum atomic E-state index is -4.60. The number of nitrogens with two attached hydrogens (primary N) is 1. The Labute approximate surface area is 182 Å². The van der Waals surface area contributed by atoms with E-state index in [4.69, 9.17) is 22.1 Å². The molecule has 2 aromatic heterocycles. The number of alkyl halides is 3. The number of hydrogen-bond acceptors (Lipinski definition) is 4. The van der Waals surface area contributed by atoms with Gasteiger partial charge in [0.05, 0.1) is 41.1 Å². The number of carbonyl (C=O) groups is 1. The fourth-order valence-electron chi connectivity index (χ4n) is 2.88. The highest BCUT2D eigenvalue weighted by atomic mass is 35.5. The number of ether oxygens (including phenoxy) is 1. The van der Waals surface area contributed by atoms with E-state index in [2.05, 4.69) is 10.3 Å². The summed E-state index contributed by atoms with van der Waals surface area (Å²) >= 11 is 6.05. The summed E-state index contributed by atoms with van der Waals surface area (Å²) in [5.74, 6) is -0.357. The van der Waals surface area contributed by atoms with E-state index in [1.54, 1.807) is 0 Å². The Balaban J connectivity index is 1.94. The Morgan fingerprint density at radius 1 is 1.29 bits per heavy atom. The molecule has 6 nitrogen and oxygen atoms in total. The number of pyridine rings is 1. The zero-order valence-corrected chi connectivity index (χ0v) is 17.7. The van der Waals surface area contributed by atoms with Crippen molar-refractivity contribution >= 4 is 23.0 Å². The number of nitrogens with one attached hydrogen (secondary N) is 1. The molecule has 1 amide bonds. The van der Waals surface area contributed by atoms with Gasteiger partial charge in [-0.15, -0.1) is 0 Å². The van der Waals surface area contributed by atoms with E-state index in [0.29, 0.717) is 0 Å². The van der Waals surface area contributed by atoms with Crippen molar-refractivity contribution < 1.29 is 22.7 Å². The van der Waals surface area contributed by atoms with Crippen LogP contribution in [0.5, 0.6) is 0 Å². The van der Waals surface area contributed by atoms with Gasteiger partial charge in [-0.2, -0.15) is 13.2 Å². The largest absolute Gasteiger partial charge is 0.417 e. The SMILES string of the molecule is CC(C)(N)C(=O)N[C@@H](COCc1ccccc1)c1ncc2c(Cl)cc(C(F)(F)F)cn12. The lowest BCUT2D eigenvalue weighted by Crippen LogP contribution is -2.50. The fourth-order valence-corrected chi connectivity index (χ4v) is 3.14. The number of halogens is 4. The van der Waals surface area contributed by atoms with Crippen LogP contribution in [0.4, 0.5) is 13.2 Å². The Bertz CT molecular complexity index is 1060. The molecule has 0 radical (unpaired) electrons. The first kappa shape index (κ1) is 23.1. The molecule has 0 bridgehead atoms. The standard InChI is InChI=1S/C21H22ClF3N4O2/c1-20(2,26)19(30)28-16(12-31-11-13-6-4-3-5-7-13)18-27-9-17-15(22)8-14(10-29(17)18)21(23,24)25/h3-10,16H,11-12,26H2,1-2H3,(H,28,30)/t16-/m0/s1. The van der Waals surface area contributed by atoms with Crippen molar-refractivity contribution in [2.24, 2.45) is 5.73 Å². The van der Waals surface area contributed by atoms with Crippen molar-refractivity contribution in [2.45, 2.75) is 38.2 Å². The van der Waals surface area contributed by atoms with E-state index in [1.807, 2.05) is 30.3 Å². The molecule has 166 valence electrons. The van der Waals surface area contributed by atoms with Gasteiger partial charge in [-0.1, -0.05) is 41.9 Å². The van der Waals surface area contributed by atoms with Crippen LogP contribution < -0.4 is 11.1 Å². The molecule has 0 spiro atoms. The van der Waals surface area contributed by atoms with Gasteiger partial charge in [0.2, 0.25) is 5.91 Å². The van der Waals surface area contributed by atoms with Crippen LogP contribution in [-0.2, 0) is 22.3 Å². The first-order chi connectivity index (χ1) is 14.5. The average molecular weight is 455 g/mol. The molecule has 31 heavy (non-hydrogen) atoms. The van der Waals surface area contributed by atoms with Crippen LogP contribution in [0.1, 0.15) is 36.8 Å². The van der Waals surface area contributed by atoms with E-state index in [-0.39, 0.29) is 29.6 Å². The maximum absolute atomic E-state index is 13.3. The Morgan fingerprint density at radius 3 is 2.58 bits per heavy atom. The van der Waals surface area contributed by atoms with E-state index in [0.717, 1.165) is 17.8 Å². The second-order valence-electron chi connectivity index (χ2n) is 7.69. The zero-order chi connectivity index (χ0) is 22.8. The minimum Gasteiger partial charge on any atom is -0.374 e. The van der Waals surface area contributed by atoms with E-state index in [1.165, 1.54) is 24.4 Å². The van der Waals surface area contributed by atoms with Crippen molar-refractivity contribution in [1.29, 1.82) is 0 Å². The molecule has 1 aromatic carbocycles. The number of hydrogen-bond donors (Lipinski definition) is 2. The molecular formula is C21H22ClF3N4O2. The maximum atomic E-state index is 13.3. The van der Waals surface area contributed by atoms with E-state index in [9.17, 15) is 18.0 Å². The maximum Gasteiger partial charge on any atom is 0.417 e. The van der Waals surface area contributed by atoms with Crippen LogP contribution in [0.2, 0.25) is 5.02 Å². The van der Waals surface area contributed by atoms with Gasteiger partial charge in [-0.05, 0) is 25.5 Å². The van der Waals surface area contributed by atoms with Gasteiger partial charge in [0, 0.05) is 6.20 Å². The predicted octanol–water partition coefficient (Wildman–Crippen LogP) is 4.12. The summed E-state index contributed by atoms with van der Waals surface area (Å²) in [6, 6.07) is 9.31. The number of fused-ring (bicyclic) bond motifs is 1. The van der Waals surface area contributed by atoms with E-state index < -0.39 is 29.2 Å². The van der Waals surface area contributed by atoms with Crippen LogP contribution in [0, 0.1) is 0 Å². The number of imidazole rings is 1. The fraction of sp³-hybridized carbons (Fsp3) is 0.333. The van der Waals surface area contributed by atoms with Gasteiger partial charge in [0.25, 0.3) is 0 Å². The molecule has 0 saturated heterocycles. The van der Waals surface area contributed by atoms with Crippen LogP contribution in [0.15, 0.2) is 48.8 Å². The van der Waals surface area contributed by atoms with Crippen LogP contribution in [-0.4, -0.2) is 27.4 Å². The molecule has 0 aliphatic rings. The second kappa shape index (κ2) is 8.86. The van der Waals surface area contributed by atoms with Gasteiger partial charge in [0.15, 0.2) is 0 Å². The summed E-state index contributed by atoms with van der Waals surface area (Å²) in [6.07, 6.45) is -2.35. The summed E-state index contributed by atoms with van der Waals surface area (Å²) < 4.78 is 46.8. The molecule has 3 N–H and O–H groups in total. The monoisotopic (exact) mass is 454 g/mol. The number of nitrogens with zero attached hydrogens (tertiary/aromatic N) is 2. The topological polar surface area (TPSA) is 81.7 Å². The molecule has 3 aromatic rings. The number of carbonyl (C=O) groups excluding carboxylic acids is 1. The molecule has 0 aliphatic heterocycles. The van der Waals surface area contributed by atoms with Crippen molar-refractivity contribution in [2.75, 3.05) is 6.61 Å². The lowest BCUT2D eigenvalue weighted by atomic mass is 10.1. The first-order valence-electron chi connectivity index (χ1n) is 9.42. The quantitative estimate of drug-likeness (QED) is 0.562. The molecule has 10 heteroatoms. The van der Waals surface area contributed by atoms with Crippen LogP contribution in [0.25, 0.3) is 5.52 Å².